The molecular formula is C14H15N3O. The van der Waals surface area contributed by atoms with Crippen LogP contribution in [0.4, 0.5) is 5.82 Å². The number of nitriles is 1. The standard InChI is InChI=1S/C14H15N3O/c1-10(9-18)8-16-14-12(7-15)6-11-4-2-3-5-13(11)17-14/h2-6,10,18H,8-9H2,1H3,(H,16,17). The molecule has 1 aromatic carbocycles. The molecule has 0 aliphatic rings. The molecule has 0 saturated carbocycles. The number of rotatable bonds is 4. The van der Waals surface area contributed by atoms with Gasteiger partial charge >= 0.3 is 0 Å². The molecule has 2 rings (SSSR count). The van der Waals surface area contributed by atoms with Gasteiger partial charge in [0.1, 0.15) is 11.9 Å². The predicted molar refractivity (Wildman–Crippen MR) is 71.2 cm³/mol. The number of nitrogens with zero attached hydrogens (tertiary/aromatic N) is 2. The molecule has 92 valence electrons. The van der Waals surface area contributed by atoms with E-state index in [0.29, 0.717) is 17.9 Å². The predicted octanol–water partition coefficient (Wildman–Crippen LogP) is 2.15. The van der Waals surface area contributed by atoms with Crippen LogP contribution in [0.15, 0.2) is 30.3 Å². The molecule has 0 saturated heterocycles. The fourth-order valence-corrected chi connectivity index (χ4v) is 1.67. The second kappa shape index (κ2) is 5.48. The van der Waals surface area contributed by atoms with Crippen molar-refractivity contribution < 1.29 is 5.11 Å². The molecule has 0 fully saturated rings. The van der Waals surface area contributed by atoms with Crippen LogP contribution >= 0.6 is 0 Å². The monoisotopic (exact) mass is 241 g/mol. The summed E-state index contributed by atoms with van der Waals surface area (Å²) in [6, 6.07) is 11.7. The molecule has 0 aliphatic carbocycles. The van der Waals surface area contributed by atoms with Crippen molar-refractivity contribution in [2.75, 3.05) is 18.5 Å². The van der Waals surface area contributed by atoms with Gasteiger partial charge in [-0.2, -0.15) is 5.26 Å². The van der Waals surface area contributed by atoms with Crippen LogP contribution in [0.3, 0.4) is 0 Å². The smallest absolute Gasteiger partial charge is 0.144 e. The second-order valence-electron chi connectivity index (χ2n) is 4.36. The normalized spacial score (nSPS) is 12.1. The number of benzene rings is 1. The fourth-order valence-electron chi connectivity index (χ4n) is 1.67. The van der Waals surface area contributed by atoms with Gasteiger partial charge in [-0.05, 0) is 18.1 Å². The molecule has 2 N–H and O–H groups in total. The highest BCUT2D eigenvalue weighted by Gasteiger charge is 2.07. The Bertz CT molecular complexity index is 589. The summed E-state index contributed by atoms with van der Waals surface area (Å²) in [5, 5.41) is 22.2. The summed E-state index contributed by atoms with van der Waals surface area (Å²) in [6.07, 6.45) is 0. The Hall–Kier alpha value is -2.12. The van der Waals surface area contributed by atoms with E-state index in [-0.39, 0.29) is 12.5 Å². The van der Waals surface area contributed by atoms with Gasteiger partial charge < -0.3 is 10.4 Å². The van der Waals surface area contributed by atoms with Crippen LogP contribution in [0.2, 0.25) is 0 Å². The van der Waals surface area contributed by atoms with Crippen LogP contribution in [0.1, 0.15) is 12.5 Å². The molecule has 1 atom stereocenters. The van der Waals surface area contributed by atoms with Crippen molar-refractivity contribution in [3.05, 3.63) is 35.9 Å². The Morgan fingerprint density at radius 2 is 2.22 bits per heavy atom. The van der Waals surface area contributed by atoms with E-state index in [1.807, 2.05) is 37.3 Å². The van der Waals surface area contributed by atoms with E-state index in [9.17, 15) is 0 Å². The van der Waals surface area contributed by atoms with Gasteiger partial charge in [0.25, 0.3) is 0 Å². The maximum absolute atomic E-state index is 9.12. The molecule has 0 radical (unpaired) electrons. The van der Waals surface area contributed by atoms with Crippen LogP contribution in [-0.4, -0.2) is 23.2 Å². The van der Waals surface area contributed by atoms with Crippen molar-refractivity contribution in [2.45, 2.75) is 6.92 Å². The van der Waals surface area contributed by atoms with E-state index in [1.165, 1.54) is 0 Å². The number of aliphatic hydroxyl groups is 1. The van der Waals surface area contributed by atoms with Crippen molar-refractivity contribution in [2.24, 2.45) is 5.92 Å². The zero-order valence-corrected chi connectivity index (χ0v) is 10.2. The number of aliphatic hydroxyl groups excluding tert-OH is 1. The van der Waals surface area contributed by atoms with E-state index in [2.05, 4.69) is 16.4 Å². The average molecular weight is 241 g/mol. The third kappa shape index (κ3) is 2.58. The molecule has 4 nitrogen and oxygen atoms in total. The summed E-state index contributed by atoms with van der Waals surface area (Å²) >= 11 is 0. The maximum Gasteiger partial charge on any atom is 0.144 e. The summed E-state index contributed by atoms with van der Waals surface area (Å²) in [5.74, 6) is 0.710. The number of aromatic nitrogens is 1. The molecule has 1 heterocycles. The van der Waals surface area contributed by atoms with Crippen LogP contribution in [0, 0.1) is 17.2 Å². The summed E-state index contributed by atoms with van der Waals surface area (Å²) in [7, 11) is 0. The number of hydrogen-bond donors (Lipinski definition) is 2. The first kappa shape index (κ1) is 12.3. The first-order valence-corrected chi connectivity index (χ1v) is 5.89. The first-order valence-electron chi connectivity index (χ1n) is 5.89. The first-order chi connectivity index (χ1) is 8.74. The van der Waals surface area contributed by atoms with Crippen LogP contribution in [0.25, 0.3) is 10.9 Å². The van der Waals surface area contributed by atoms with E-state index in [1.54, 1.807) is 0 Å². The maximum atomic E-state index is 9.12. The topological polar surface area (TPSA) is 68.9 Å². The van der Waals surface area contributed by atoms with Gasteiger partial charge in [0.2, 0.25) is 0 Å². The Morgan fingerprint density at radius 3 is 2.94 bits per heavy atom. The highest BCUT2D eigenvalue weighted by molar-refractivity contribution is 5.82. The Kier molecular flexibility index (Phi) is 3.75. The number of pyridine rings is 1. The van der Waals surface area contributed by atoms with E-state index >= 15 is 0 Å². The zero-order valence-electron chi connectivity index (χ0n) is 10.2. The second-order valence-corrected chi connectivity index (χ2v) is 4.36. The van der Waals surface area contributed by atoms with Crippen molar-refractivity contribution in [3.63, 3.8) is 0 Å². The molecule has 0 amide bonds. The van der Waals surface area contributed by atoms with Crippen molar-refractivity contribution in [1.29, 1.82) is 5.26 Å². The highest BCUT2D eigenvalue weighted by Crippen LogP contribution is 2.19. The van der Waals surface area contributed by atoms with Gasteiger partial charge in [0.05, 0.1) is 11.1 Å². The Labute approximate surface area is 106 Å². The third-order valence-electron chi connectivity index (χ3n) is 2.77. The molecule has 4 heteroatoms. The molecule has 18 heavy (non-hydrogen) atoms. The molecule has 0 spiro atoms. The molecule has 1 unspecified atom stereocenters. The van der Waals surface area contributed by atoms with Gasteiger partial charge in [-0.25, -0.2) is 4.98 Å². The van der Waals surface area contributed by atoms with Gasteiger partial charge in [0, 0.05) is 18.5 Å². The molecule has 1 aromatic heterocycles. The Morgan fingerprint density at radius 1 is 1.44 bits per heavy atom. The number of anilines is 1. The lowest BCUT2D eigenvalue weighted by Gasteiger charge is -2.12. The minimum atomic E-state index is 0.114. The van der Waals surface area contributed by atoms with Crippen molar-refractivity contribution in [1.82, 2.24) is 4.98 Å². The van der Waals surface area contributed by atoms with E-state index in [0.717, 1.165) is 10.9 Å². The van der Waals surface area contributed by atoms with E-state index in [4.69, 9.17) is 10.4 Å². The minimum Gasteiger partial charge on any atom is -0.396 e. The average Bonchev–Trinajstić information content (AvgIpc) is 2.43. The lowest BCUT2D eigenvalue weighted by molar-refractivity contribution is 0.244. The minimum absolute atomic E-state index is 0.114. The summed E-state index contributed by atoms with van der Waals surface area (Å²) in [5.41, 5.74) is 1.38. The lowest BCUT2D eigenvalue weighted by Crippen LogP contribution is -2.15. The number of hydrogen-bond acceptors (Lipinski definition) is 4. The van der Waals surface area contributed by atoms with Crippen LogP contribution in [0.5, 0.6) is 0 Å². The van der Waals surface area contributed by atoms with Crippen molar-refractivity contribution >= 4 is 16.7 Å². The number of nitrogens with one attached hydrogen (secondary N) is 1. The summed E-state index contributed by atoms with van der Waals surface area (Å²) in [6.45, 7) is 2.64. The highest BCUT2D eigenvalue weighted by atomic mass is 16.3. The van der Waals surface area contributed by atoms with Gasteiger partial charge in [-0.3, -0.25) is 0 Å². The third-order valence-corrected chi connectivity index (χ3v) is 2.77. The molecule has 0 aliphatic heterocycles. The van der Waals surface area contributed by atoms with Gasteiger partial charge in [-0.15, -0.1) is 0 Å². The fraction of sp³-hybridized carbons (Fsp3) is 0.286. The van der Waals surface area contributed by atoms with Crippen LogP contribution in [-0.2, 0) is 0 Å². The zero-order chi connectivity index (χ0) is 13.0. The molecule has 2 aromatic rings. The number of para-hydroxylation sites is 1. The lowest BCUT2D eigenvalue weighted by atomic mass is 10.1. The van der Waals surface area contributed by atoms with Gasteiger partial charge in [-0.1, -0.05) is 25.1 Å². The van der Waals surface area contributed by atoms with Gasteiger partial charge in [0.15, 0.2) is 0 Å². The number of fused-ring (bicyclic) bond motifs is 1. The largest absolute Gasteiger partial charge is 0.396 e. The summed E-state index contributed by atoms with van der Waals surface area (Å²) in [4.78, 5) is 4.44. The SMILES string of the molecule is CC(CO)CNc1nc2ccccc2cc1C#N. The van der Waals surface area contributed by atoms with Crippen molar-refractivity contribution in [3.8, 4) is 6.07 Å². The van der Waals surface area contributed by atoms with E-state index < -0.39 is 0 Å². The Balaban J connectivity index is 2.34. The summed E-state index contributed by atoms with van der Waals surface area (Å²) < 4.78 is 0. The molecule has 0 bridgehead atoms. The molecular weight excluding hydrogens is 226 g/mol. The quantitative estimate of drug-likeness (QED) is 0.860. The van der Waals surface area contributed by atoms with Crippen LogP contribution < -0.4 is 5.32 Å².